The van der Waals surface area contributed by atoms with E-state index in [1.165, 1.54) is 87.6 Å². The monoisotopic (exact) mass is 582 g/mol. The molecule has 0 heterocycles. The number of hydrogen-bond donors (Lipinski definition) is 0. The lowest BCUT2D eigenvalue weighted by Crippen LogP contribution is -1.92. The molecule has 0 nitrogen and oxygen atoms in total. The minimum atomic E-state index is 1.23. The summed E-state index contributed by atoms with van der Waals surface area (Å²) in [6.07, 6.45) is 0. The van der Waals surface area contributed by atoms with Crippen molar-refractivity contribution in [3.8, 4) is 44.5 Å². The van der Waals surface area contributed by atoms with Crippen LogP contribution in [0.2, 0.25) is 0 Å². The van der Waals surface area contributed by atoms with E-state index in [0.717, 1.165) is 0 Å². The Kier molecular flexibility index (Phi) is 6.25. The molecule has 46 heavy (non-hydrogen) atoms. The number of hydrogen-bond acceptors (Lipinski definition) is 0. The Labute approximate surface area is 268 Å². The highest BCUT2D eigenvalue weighted by Crippen LogP contribution is 2.46. The van der Waals surface area contributed by atoms with Gasteiger partial charge in [-0.15, -0.1) is 0 Å². The van der Waals surface area contributed by atoms with Gasteiger partial charge in [0.05, 0.1) is 0 Å². The van der Waals surface area contributed by atoms with Gasteiger partial charge in [0.15, 0.2) is 0 Å². The molecule has 0 heteroatoms. The second-order valence-electron chi connectivity index (χ2n) is 12.1. The molecule has 9 aromatic rings. The van der Waals surface area contributed by atoms with E-state index in [-0.39, 0.29) is 0 Å². The van der Waals surface area contributed by atoms with Crippen molar-refractivity contribution >= 4 is 43.1 Å². The van der Waals surface area contributed by atoms with Gasteiger partial charge in [-0.1, -0.05) is 170 Å². The molecule has 0 aliphatic heterocycles. The quantitative estimate of drug-likeness (QED) is 0.181. The predicted octanol–water partition coefficient (Wildman–Crippen LogP) is 13.0. The Hall–Kier alpha value is -5.98. The van der Waals surface area contributed by atoms with E-state index in [2.05, 4.69) is 182 Å². The number of fused-ring (bicyclic) bond motifs is 4. The molecule has 0 radical (unpaired) electrons. The van der Waals surface area contributed by atoms with Gasteiger partial charge < -0.3 is 0 Å². The van der Waals surface area contributed by atoms with Crippen molar-refractivity contribution in [2.24, 2.45) is 0 Å². The lowest BCUT2D eigenvalue weighted by Gasteiger charge is -2.19. The fourth-order valence-corrected chi connectivity index (χ4v) is 7.36. The molecule has 0 N–H and O–H groups in total. The van der Waals surface area contributed by atoms with Crippen LogP contribution in [0.3, 0.4) is 0 Å². The predicted molar refractivity (Wildman–Crippen MR) is 198 cm³/mol. The molecule has 0 saturated carbocycles. The largest absolute Gasteiger partial charge is 0.0622 e. The van der Waals surface area contributed by atoms with Crippen molar-refractivity contribution < 1.29 is 0 Å². The van der Waals surface area contributed by atoms with Crippen LogP contribution in [0, 0.1) is 0 Å². The molecule has 0 spiro atoms. The summed E-state index contributed by atoms with van der Waals surface area (Å²) in [5.74, 6) is 0. The average molecular weight is 583 g/mol. The minimum Gasteiger partial charge on any atom is -0.0622 e. The van der Waals surface area contributed by atoms with Crippen LogP contribution in [-0.4, -0.2) is 0 Å². The zero-order valence-electron chi connectivity index (χ0n) is 25.3. The normalized spacial score (nSPS) is 11.5. The summed E-state index contributed by atoms with van der Waals surface area (Å²) in [6, 6.07) is 66.5. The van der Waals surface area contributed by atoms with E-state index in [9.17, 15) is 0 Å². The summed E-state index contributed by atoms with van der Waals surface area (Å²) in [5.41, 5.74) is 10.0. The third-order valence-electron chi connectivity index (χ3n) is 9.44. The van der Waals surface area contributed by atoms with Gasteiger partial charge >= 0.3 is 0 Å². The van der Waals surface area contributed by atoms with E-state index in [1.807, 2.05) is 0 Å². The summed E-state index contributed by atoms with van der Waals surface area (Å²) < 4.78 is 0. The first-order valence-electron chi connectivity index (χ1n) is 15.9. The van der Waals surface area contributed by atoms with Crippen molar-refractivity contribution in [2.45, 2.75) is 0 Å². The van der Waals surface area contributed by atoms with E-state index in [0.29, 0.717) is 0 Å². The first-order chi connectivity index (χ1) is 22.8. The summed E-state index contributed by atoms with van der Waals surface area (Å²) in [7, 11) is 0. The van der Waals surface area contributed by atoms with E-state index in [4.69, 9.17) is 0 Å². The van der Waals surface area contributed by atoms with Gasteiger partial charge in [0.25, 0.3) is 0 Å². The lowest BCUT2D eigenvalue weighted by atomic mass is 9.84. The van der Waals surface area contributed by atoms with Gasteiger partial charge in [0.1, 0.15) is 0 Å². The highest BCUT2D eigenvalue weighted by atomic mass is 14.2. The molecule has 0 saturated heterocycles. The van der Waals surface area contributed by atoms with Gasteiger partial charge in [0.2, 0.25) is 0 Å². The van der Waals surface area contributed by atoms with Crippen molar-refractivity contribution in [3.05, 3.63) is 182 Å². The third-order valence-corrected chi connectivity index (χ3v) is 9.44. The van der Waals surface area contributed by atoms with Crippen LogP contribution in [0.25, 0.3) is 87.6 Å². The first kappa shape index (κ1) is 26.4. The maximum absolute atomic E-state index is 2.36. The second-order valence-corrected chi connectivity index (χ2v) is 12.1. The maximum atomic E-state index is 2.36. The number of rotatable bonds is 4. The fraction of sp³-hybridized carbons (Fsp3) is 0. The Balaban J connectivity index is 1.29. The molecule has 9 aromatic carbocycles. The van der Waals surface area contributed by atoms with Crippen LogP contribution >= 0.6 is 0 Å². The smallest absolute Gasteiger partial charge is 0.00201 e. The van der Waals surface area contributed by atoms with E-state index < -0.39 is 0 Å². The Morgan fingerprint density at radius 3 is 1.46 bits per heavy atom. The summed E-state index contributed by atoms with van der Waals surface area (Å²) >= 11 is 0. The van der Waals surface area contributed by atoms with E-state index in [1.54, 1.807) is 0 Å². The zero-order chi connectivity index (χ0) is 30.5. The van der Waals surface area contributed by atoms with E-state index >= 15 is 0 Å². The average Bonchev–Trinajstić information content (AvgIpc) is 3.13. The summed E-state index contributed by atoms with van der Waals surface area (Å²) in [5, 5.41) is 10.1. The highest BCUT2D eigenvalue weighted by molar-refractivity contribution is 6.23. The molecule has 0 aliphatic carbocycles. The molecule has 214 valence electrons. The molecular formula is C46H30. The summed E-state index contributed by atoms with van der Waals surface area (Å²) in [6.45, 7) is 0. The van der Waals surface area contributed by atoms with Crippen LogP contribution < -0.4 is 0 Å². The van der Waals surface area contributed by atoms with Crippen LogP contribution in [-0.2, 0) is 0 Å². The van der Waals surface area contributed by atoms with Crippen molar-refractivity contribution in [1.29, 1.82) is 0 Å². The first-order valence-corrected chi connectivity index (χ1v) is 15.9. The molecule has 0 unspecified atom stereocenters. The molecular weight excluding hydrogens is 553 g/mol. The minimum absolute atomic E-state index is 1.23. The fourth-order valence-electron chi connectivity index (χ4n) is 7.36. The van der Waals surface area contributed by atoms with Gasteiger partial charge in [-0.25, -0.2) is 0 Å². The molecule has 0 amide bonds. The van der Waals surface area contributed by atoms with Crippen molar-refractivity contribution in [2.75, 3.05) is 0 Å². The lowest BCUT2D eigenvalue weighted by molar-refractivity contribution is 1.61. The molecule has 0 aliphatic rings. The Morgan fingerprint density at radius 1 is 0.217 bits per heavy atom. The SMILES string of the molecule is c1ccc(-c2cccc(-c3c4ccccc4c(-c4cccc5cc(-c6cccc7ccccc67)ccc45)c4ccccc34)c2)cc1. The van der Waals surface area contributed by atoms with Crippen molar-refractivity contribution in [1.82, 2.24) is 0 Å². The molecule has 0 atom stereocenters. The van der Waals surface area contributed by atoms with Crippen LogP contribution in [0.5, 0.6) is 0 Å². The van der Waals surface area contributed by atoms with Crippen LogP contribution in [0.15, 0.2) is 182 Å². The van der Waals surface area contributed by atoms with Gasteiger partial charge in [0, 0.05) is 0 Å². The second kappa shape index (κ2) is 10.9. The van der Waals surface area contributed by atoms with Gasteiger partial charge in [-0.2, -0.15) is 0 Å². The standard InChI is InChI=1S/C46H30/c1-2-13-31(14-3-1)33-17-10-19-36(29-33)45-41-21-6-8-23-43(41)46(44-24-9-7-22-42(44)45)40-26-12-18-34-30-35(27-28-39(34)40)38-25-11-16-32-15-4-5-20-37(32)38/h1-30H. The van der Waals surface area contributed by atoms with Gasteiger partial charge in [-0.05, 0) is 99.7 Å². The third kappa shape index (κ3) is 4.30. The molecule has 0 fully saturated rings. The maximum Gasteiger partial charge on any atom is -0.00201 e. The molecule has 0 bridgehead atoms. The molecule has 0 aromatic heterocycles. The molecule has 9 rings (SSSR count). The zero-order valence-corrected chi connectivity index (χ0v) is 25.3. The highest BCUT2D eigenvalue weighted by Gasteiger charge is 2.18. The Bertz CT molecular complexity index is 2510. The Morgan fingerprint density at radius 2 is 0.717 bits per heavy atom. The van der Waals surface area contributed by atoms with Crippen LogP contribution in [0.1, 0.15) is 0 Å². The topological polar surface area (TPSA) is 0 Å². The van der Waals surface area contributed by atoms with Gasteiger partial charge in [-0.3, -0.25) is 0 Å². The summed E-state index contributed by atoms with van der Waals surface area (Å²) in [4.78, 5) is 0. The van der Waals surface area contributed by atoms with Crippen LogP contribution in [0.4, 0.5) is 0 Å². The van der Waals surface area contributed by atoms with Crippen molar-refractivity contribution in [3.63, 3.8) is 0 Å². The number of benzene rings is 9.